The number of nitrogens with zero attached hydrogens (tertiary/aromatic N) is 3. The Balaban J connectivity index is 1.65. The SMILES string of the molecule is CCOc1ccc(-c2cc3c(=O)n(CC(O)c4c(C)cc(C)cc4C)ccn3n2)cc1. The van der Waals surface area contributed by atoms with Gasteiger partial charge in [0.25, 0.3) is 5.56 Å². The average Bonchev–Trinajstić information content (AvgIpc) is 3.15. The summed E-state index contributed by atoms with van der Waals surface area (Å²) < 4.78 is 8.61. The molecule has 0 fully saturated rings. The fourth-order valence-corrected chi connectivity index (χ4v) is 4.19. The van der Waals surface area contributed by atoms with Crippen molar-refractivity contribution in [3.63, 3.8) is 0 Å². The van der Waals surface area contributed by atoms with Gasteiger partial charge in [0.1, 0.15) is 11.3 Å². The van der Waals surface area contributed by atoms with Gasteiger partial charge in [-0.3, -0.25) is 4.79 Å². The first kappa shape index (κ1) is 20.9. The van der Waals surface area contributed by atoms with Gasteiger partial charge in [-0.05, 0) is 74.7 Å². The summed E-state index contributed by atoms with van der Waals surface area (Å²) in [5.41, 5.74) is 5.99. The molecule has 2 aromatic carbocycles. The molecule has 0 aliphatic carbocycles. The number of fused-ring (bicyclic) bond motifs is 1. The highest BCUT2D eigenvalue weighted by molar-refractivity contribution is 5.66. The van der Waals surface area contributed by atoms with Crippen molar-refractivity contribution in [2.45, 2.75) is 40.3 Å². The van der Waals surface area contributed by atoms with E-state index in [2.05, 4.69) is 17.2 Å². The Morgan fingerprint density at radius 2 is 1.71 bits per heavy atom. The van der Waals surface area contributed by atoms with Gasteiger partial charge in [-0.15, -0.1) is 0 Å². The summed E-state index contributed by atoms with van der Waals surface area (Å²) in [5, 5.41) is 15.4. The summed E-state index contributed by atoms with van der Waals surface area (Å²) in [4.78, 5) is 13.1. The second-order valence-electron chi connectivity index (χ2n) is 7.90. The van der Waals surface area contributed by atoms with E-state index in [1.54, 1.807) is 27.5 Å². The molecule has 0 amide bonds. The molecule has 0 saturated carbocycles. The Morgan fingerprint density at radius 3 is 2.35 bits per heavy atom. The lowest BCUT2D eigenvalue weighted by molar-refractivity contribution is 0.153. The Bertz CT molecular complexity index is 1260. The normalized spacial score (nSPS) is 12.3. The van der Waals surface area contributed by atoms with Gasteiger partial charge in [-0.2, -0.15) is 5.10 Å². The Kier molecular flexibility index (Phi) is 5.65. The molecule has 1 N–H and O–H groups in total. The highest BCUT2D eigenvalue weighted by Crippen LogP contribution is 2.25. The molecule has 1 unspecified atom stereocenters. The zero-order valence-electron chi connectivity index (χ0n) is 18.3. The largest absolute Gasteiger partial charge is 0.494 e. The summed E-state index contributed by atoms with van der Waals surface area (Å²) in [6.45, 7) is 8.76. The monoisotopic (exact) mass is 417 g/mol. The van der Waals surface area contributed by atoms with Crippen LogP contribution in [-0.4, -0.2) is 25.9 Å². The Hall–Kier alpha value is -3.38. The molecule has 6 heteroatoms. The predicted molar refractivity (Wildman–Crippen MR) is 122 cm³/mol. The number of aliphatic hydroxyl groups excluding tert-OH is 1. The summed E-state index contributed by atoms with van der Waals surface area (Å²) >= 11 is 0. The molecule has 1 atom stereocenters. The number of aromatic nitrogens is 3. The van der Waals surface area contributed by atoms with Crippen molar-refractivity contribution in [3.05, 3.63) is 87.5 Å². The predicted octanol–water partition coefficient (Wildman–Crippen LogP) is 4.22. The van der Waals surface area contributed by atoms with Crippen LogP contribution in [0.1, 0.15) is 35.3 Å². The Labute approximate surface area is 181 Å². The number of aryl methyl sites for hydroxylation is 3. The quantitative estimate of drug-likeness (QED) is 0.510. The molecule has 0 aliphatic heterocycles. The van der Waals surface area contributed by atoms with Crippen LogP contribution in [0.2, 0.25) is 0 Å². The molecular formula is C25H27N3O3. The zero-order valence-corrected chi connectivity index (χ0v) is 18.3. The van der Waals surface area contributed by atoms with Gasteiger partial charge in [0.05, 0.1) is 24.9 Å². The van der Waals surface area contributed by atoms with Crippen LogP contribution in [0.4, 0.5) is 0 Å². The minimum absolute atomic E-state index is 0.184. The van der Waals surface area contributed by atoms with Crippen LogP contribution >= 0.6 is 0 Å². The third-order valence-electron chi connectivity index (χ3n) is 5.51. The number of aliphatic hydroxyl groups is 1. The van der Waals surface area contributed by atoms with Crippen molar-refractivity contribution in [3.8, 4) is 17.0 Å². The number of ether oxygens (including phenoxy) is 1. The molecule has 4 rings (SSSR count). The van der Waals surface area contributed by atoms with Crippen molar-refractivity contribution in [2.75, 3.05) is 6.61 Å². The van der Waals surface area contributed by atoms with Gasteiger partial charge in [0, 0.05) is 18.0 Å². The van der Waals surface area contributed by atoms with Gasteiger partial charge in [-0.25, -0.2) is 4.52 Å². The van der Waals surface area contributed by atoms with Crippen LogP contribution in [0.3, 0.4) is 0 Å². The molecule has 0 aliphatic rings. The number of rotatable bonds is 6. The molecule has 31 heavy (non-hydrogen) atoms. The van der Waals surface area contributed by atoms with E-state index in [0.717, 1.165) is 33.6 Å². The topological polar surface area (TPSA) is 68.8 Å². The second-order valence-corrected chi connectivity index (χ2v) is 7.90. The van der Waals surface area contributed by atoms with E-state index in [-0.39, 0.29) is 12.1 Å². The van der Waals surface area contributed by atoms with Crippen molar-refractivity contribution in [1.29, 1.82) is 0 Å². The van der Waals surface area contributed by atoms with E-state index < -0.39 is 6.10 Å². The molecule has 2 aromatic heterocycles. The third kappa shape index (κ3) is 4.11. The maximum absolute atomic E-state index is 13.1. The summed E-state index contributed by atoms with van der Waals surface area (Å²) in [6, 6.07) is 13.5. The second kappa shape index (κ2) is 8.40. The van der Waals surface area contributed by atoms with E-state index in [1.165, 1.54) is 0 Å². The molecule has 2 heterocycles. The van der Waals surface area contributed by atoms with E-state index in [1.807, 2.05) is 52.0 Å². The fraction of sp³-hybridized carbons (Fsp3) is 0.280. The average molecular weight is 418 g/mol. The summed E-state index contributed by atoms with van der Waals surface area (Å²) in [7, 11) is 0. The maximum atomic E-state index is 13.1. The van der Waals surface area contributed by atoms with E-state index >= 15 is 0 Å². The first-order valence-corrected chi connectivity index (χ1v) is 10.4. The van der Waals surface area contributed by atoms with Crippen molar-refractivity contribution >= 4 is 5.52 Å². The van der Waals surface area contributed by atoms with Crippen molar-refractivity contribution in [2.24, 2.45) is 0 Å². The van der Waals surface area contributed by atoms with Crippen LogP contribution in [0.5, 0.6) is 5.75 Å². The van der Waals surface area contributed by atoms with Crippen LogP contribution in [0.15, 0.2) is 59.7 Å². The van der Waals surface area contributed by atoms with Crippen LogP contribution < -0.4 is 10.3 Å². The van der Waals surface area contributed by atoms with E-state index in [4.69, 9.17) is 4.74 Å². The molecule has 0 spiro atoms. The van der Waals surface area contributed by atoms with Crippen LogP contribution in [0, 0.1) is 20.8 Å². The lowest BCUT2D eigenvalue weighted by Crippen LogP contribution is -2.24. The molecule has 6 nitrogen and oxygen atoms in total. The molecule has 0 bridgehead atoms. The van der Waals surface area contributed by atoms with Gasteiger partial charge in [-0.1, -0.05) is 17.7 Å². The van der Waals surface area contributed by atoms with Crippen molar-refractivity contribution < 1.29 is 9.84 Å². The Morgan fingerprint density at radius 1 is 1.03 bits per heavy atom. The first-order chi connectivity index (χ1) is 14.9. The molecule has 0 saturated heterocycles. The highest BCUT2D eigenvalue weighted by atomic mass is 16.5. The lowest BCUT2D eigenvalue weighted by atomic mass is 9.95. The molecule has 0 radical (unpaired) electrons. The van der Waals surface area contributed by atoms with Crippen molar-refractivity contribution in [1.82, 2.24) is 14.2 Å². The summed E-state index contributed by atoms with van der Waals surface area (Å²) in [5.74, 6) is 0.799. The van der Waals surface area contributed by atoms with Gasteiger partial charge in [0.2, 0.25) is 0 Å². The maximum Gasteiger partial charge on any atom is 0.276 e. The van der Waals surface area contributed by atoms with Gasteiger partial charge in [0.15, 0.2) is 0 Å². The summed E-state index contributed by atoms with van der Waals surface area (Å²) in [6.07, 6.45) is 2.65. The van der Waals surface area contributed by atoms with E-state index in [0.29, 0.717) is 17.8 Å². The minimum atomic E-state index is -0.769. The smallest absolute Gasteiger partial charge is 0.276 e. The number of hydrogen-bond donors (Lipinski definition) is 1. The number of benzene rings is 2. The fourth-order valence-electron chi connectivity index (χ4n) is 4.19. The van der Waals surface area contributed by atoms with Crippen LogP contribution in [0.25, 0.3) is 16.8 Å². The lowest BCUT2D eigenvalue weighted by Gasteiger charge is -2.18. The molecular weight excluding hydrogens is 390 g/mol. The first-order valence-electron chi connectivity index (χ1n) is 10.4. The van der Waals surface area contributed by atoms with E-state index in [9.17, 15) is 9.90 Å². The number of hydrogen-bond acceptors (Lipinski definition) is 4. The third-order valence-corrected chi connectivity index (χ3v) is 5.51. The van der Waals surface area contributed by atoms with Crippen LogP contribution in [-0.2, 0) is 6.54 Å². The molecule has 160 valence electrons. The highest BCUT2D eigenvalue weighted by Gasteiger charge is 2.17. The molecule has 4 aromatic rings. The van der Waals surface area contributed by atoms with Gasteiger partial charge < -0.3 is 14.4 Å². The standard InChI is InChI=1S/C25H27N3O3/c1-5-31-20-8-6-19(7-9-20)21-14-22-25(30)27(10-11-28(22)26-21)15-23(29)24-17(3)12-16(2)13-18(24)4/h6-14,23,29H,5,15H2,1-4H3. The minimum Gasteiger partial charge on any atom is -0.494 e. The zero-order chi connectivity index (χ0) is 22.1. The van der Waals surface area contributed by atoms with Gasteiger partial charge >= 0.3 is 0 Å².